The van der Waals surface area contributed by atoms with Gasteiger partial charge in [0.05, 0.1) is 12.6 Å². The second-order valence-electron chi connectivity index (χ2n) is 5.80. The summed E-state index contributed by atoms with van der Waals surface area (Å²) >= 11 is 0. The van der Waals surface area contributed by atoms with Crippen molar-refractivity contribution in [3.8, 4) is 17.1 Å². The zero-order valence-electron chi connectivity index (χ0n) is 13.7. The number of fused-ring (bicyclic) bond motifs is 3. The van der Waals surface area contributed by atoms with E-state index in [1.807, 2.05) is 12.1 Å². The van der Waals surface area contributed by atoms with Crippen molar-refractivity contribution in [1.82, 2.24) is 9.97 Å². The Morgan fingerprint density at radius 3 is 2.23 bits per heavy atom. The van der Waals surface area contributed by atoms with E-state index in [0.29, 0.717) is 16.7 Å². The molecule has 0 aliphatic carbocycles. The van der Waals surface area contributed by atoms with Crippen molar-refractivity contribution in [3.63, 3.8) is 0 Å². The summed E-state index contributed by atoms with van der Waals surface area (Å²) in [6.45, 7) is 0. The molecule has 130 valence electrons. The fraction of sp³-hybridized carbons (Fsp3) is 0.100. The smallest absolute Gasteiger partial charge is 0.434 e. The third-order valence-corrected chi connectivity index (χ3v) is 4.21. The average molecular weight is 354 g/mol. The fourth-order valence-corrected chi connectivity index (χ4v) is 2.95. The summed E-state index contributed by atoms with van der Waals surface area (Å²) in [5.41, 5.74) is -0.151. The lowest BCUT2D eigenvalue weighted by atomic mass is 10.0. The molecule has 1 heterocycles. The molecule has 3 aromatic carbocycles. The topological polar surface area (TPSA) is 35.0 Å². The molecule has 26 heavy (non-hydrogen) atoms. The molecule has 0 N–H and O–H groups in total. The Hall–Kier alpha value is -3.15. The maximum atomic E-state index is 13.6. The van der Waals surface area contributed by atoms with Crippen LogP contribution < -0.4 is 4.74 Å². The second-order valence-corrected chi connectivity index (χ2v) is 5.80. The highest BCUT2D eigenvalue weighted by atomic mass is 19.4. The number of hydrogen-bond acceptors (Lipinski definition) is 3. The van der Waals surface area contributed by atoms with E-state index in [1.165, 1.54) is 13.2 Å². The first kappa shape index (κ1) is 16.3. The van der Waals surface area contributed by atoms with E-state index >= 15 is 0 Å². The number of hydrogen-bond donors (Lipinski definition) is 0. The Balaban J connectivity index is 2.06. The minimum absolute atomic E-state index is 0.00605. The Morgan fingerprint density at radius 1 is 0.808 bits per heavy atom. The molecule has 0 saturated heterocycles. The van der Waals surface area contributed by atoms with Gasteiger partial charge in [-0.05, 0) is 35.7 Å². The molecule has 0 bridgehead atoms. The van der Waals surface area contributed by atoms with Crippen LogP contribution >= 0.6 is 0 Å². The predicted octanol–water partition coefficient (Wildman–Crippen LogP) is 5.48. The van der Waals surface area contributed by atoms with E-state index in [4.69, 9.17) is 4.74 Å². The highest BCUT2D eigenvalue weighted by molar-refractivity contribution is 6.06. The predicted molar refractivity (Wildman–Crippen MR) is 94.0 cm³/mol. The molecule has 4 aromatic rings. The van der Waals surface area contributed by atoms with E-state index in [1.54, 1.807) is 42.5 Å². The quantitative estimate of drug-likeness (QED) is 0.447. The van der Waals surface area contributed by atoms with E-state index in [9.17, 15) is 13.2 Å². The van der Waals surface area contributed by atoms with Gasteiger partial charge < -0.3 is 4.74 Å². The van der Waals surface area contributed by atoms with Crippen LogP contribution in [0.3, 0.4) is 0 Å². The van der Waals surface area contributed by atoms with Crippen molar-refractivity contribution in [2.75, 3.05) is 7.11 Å². The van der Waals surface area contributed by atoms with Crippen molar-refractivity contribution in [1.29, 1.82) is 0 Å². The lowest BCUT2D eigenvalue weighted by Crippen LogP contribution is -2.11. The molecule has 0 fully saturated rings. The van der Waals surface area contributed by atoms with Gasteiger partial charge in [-0.25, -0.2) is 9.97 Å². The lowest BCUT2D eigenvalue weighted by molar-refractivity contribution is -0.139. The summed E-state index contributed by atoms with van der Waals surface area (Å²) in [6, 6.07) is 16.9. The lowest BCUT2D eigenvalue weighted by Gasteiger charge is -2.13. The van der Waals surface area contributed by atoms with Gasteiger partial charge in [0.15, 0.2) is 11.5 Å². The highest BCUT2D eigenvalue weighted by Gasteiger charge is 2.35. The van der Waals surface area contributed by atoms with Crippen LogP contribution in [0.25, 0.3) is 33.1 Å². The monoisotopic (exact) mass is 354 g/mol. The molecule has 1 aromatic heterocycles. The van der Waals surface area contributed by atoms with Gasteiger partial charge >= 0.3 is 6.18 Å². The number of benzene rings is 3. The zero-order chi connectivity index (χ0) is 18.3. The van der Waals surface area contributed by atoms with Crippen LogP contribution in [0.15, 0.2) is 60.7 Å². The van der Waals surface area contributed by atoms with Gasteiger partial charge in [0.25, 0.3) is 0 Å². The molecule has 0 aliphatic rings. The third kappa shape index (κ3) is 2.73. The van der Waals surface area contributed by atoms with Gasteiger partial charge in [0, 0.05) is 16.3 Å². The molecule has 6 heteroatoms. The largest absolute Gasteiger partial charge is 0.497 e. The summed E-state index contributed by atoms with van der Waals surface area (Å²) < 4.78 is 46.0. The van der Waals surface area contributed by atoms with Crippen molar-refractivity contribution in [3.05, 3.63) is 66.4 Å². The van der Waals surface area contributed by atoms with Crippen LogP contribution in [0, 0.1) is 0 Å². The first-order chi connectivity index (χ1) is 12.5. The second kappa shape index (κ2) is 5.98. The van der Waals surface area contributed by atoms with Gasteiger partial charge in [0.2, 0.25) is 0 Å². The fourth-order valence-electron chi connectivity index (χ4n) is 2.95. The number of halogens is 3. The first-order valence-electron chi connectivity index (χ1n) is 7.88. The van der Waals surface area contributed by atoms with Crippen molar-refractivity contribution in [2.45, 2.75) is 6.18 Å². The van der Waals surface area contributed by atoms with Gasteiger partial charge in [-0.1, -0.05) is 30.3 Å². The van der Waals surface area contributed by atoms with Gasteiger partial charge in [-0.15, -0.1) is 0 Å². The summed E-state index contributed by atoms with van der Waals surface area (Å²) in [7, 11) is 1.52. The number of nitrogens with zero attached hydrogens (tertiary/aromatic N) is 2. The Kier molecular flexibility index (Phi) is 3.76. The van der Waals surface area contributed by atoms with Gasteiger partial charge in [0.1, 0.15) is 5.75 Å². The molecule has 0 atom stereocenters. The number of rotatable bonds is 2. The Morgan fingerprint density at radius 2 is 1.54 bits per heavy atom. The number of methoxy groups -OCH3 is 1. The van der Waals surface area contributed by atoms with Crippen LogP contribution in [-0.4, -0.2) is 17.1 Å². The summed E-state index contributed by atoms with van der Waals surface area (Å²) in [4.78, 5) is 8.28. The maximum Gasteiger partial charge on any atom is 0.434 e. The zero-order valence-corrected chi connectivity index (χ0v) is 13.7. The minimum atomic E-state index is -4.58. The number of alkyl halides is 3. The molecule has 0 spiro atoms. The standard InChI is InChI=1S/C20H13F3N2O/c1-26-14-9-6-13(7-10-14)19-24-17-15-5-3-2-4-12(15)8-11-16(17)18(25-19)20(21,22)23/h2-11H,1H3. The normalized spacial score (nSPS) is 11.8. The molecule has 0 aliphatic heterocycles. The molecule has 0 radical (unpaired) electrons. The Bertz CT molecular complexity index is 1110. The van der Waals surface area contributed by atoms with Crippen LogP contribution in [0.4, 0.5) is 13.2 Å². The van der Waals surface area contributed by atoms with E-state index in [0.717, 1.165) is 5.39 Å². The number of ether oxygens (including phenoxy) is 1. The van der Waals surface area contributed by atoms with Gasteiger partial charge in [-0.3, -0.25) is 0 Å². The van der Waals surface area contributed by atoms with E-state index < -0.39 is 11.9 Å². The van der Waals surface area contributed by atoms with Crippen molar-refractivity contribution in [2.24, 2.45) is 0 Å². The van der Waals surface area contributed by atoms with E-state index in [2.05, 4.69) is 9.97 Å². The van der Waals surface area contributed by atoms with Crippen LogP contribution in [0.5, 0.6) is 5.75 Å². The van der Waals surface area contributed by atoms with Gasteiger partial charge in [-0.2, -0.15) is 13.2 Å². The molecular formula is C20H13F3N2O. The molecule has 3 nitrogen and oxygen atoms in total. The molecular weight excluding hydrogens is 341 g/mol. The van der Waals surface area contributed by atoms with Crippen LogP contribution in [0.1, 0.15) is 5.69 Å². The highest BCUT2D eigenvalue weighted by Crippen LogP contribution is 2.36. The maximum absolute atomic E-state index is 13.6. The molecule has 0 unspecified atom stereocenters. The summed E-state index contributed by atoms with van der Waals surface area (Å²) in [5.74, 6) is 0.639. The van der Waals surface area contributed by atoms with Crippen molar-refractivity contribution >= 4 is 21.7 Å². The van der Waals surface area contributed by atoms with Crippen molar-refractivity contribution < 1.29 is 17.9 Å². The van der Waals surface area contributed by atoms with E-state index in [-0.39, 0.29) is 16.7 Å². The SMILES string of the molecule is COc1ccc(-c2nc(C(F)(F)F)c3ccc4ccccc4c3n2)cc1. The first-order valence-corrected chi connectivity index (χ1v) is 7.88. The van der Waals surface area contributed by atoms with Crippen LogP contribution in [0.2, 0.25) is 0 Å². The number of aromatic nitrogens is 2. The average Bonchev–Trinajstić information content (AvgIpc) is 2.66. The molecule has 0 amide bonds. The molecule has 4 rings (SSSR count). The summed E-state index contributed by atoms with van der Waals surface area (Å²) in [6.07, 6.45) is -4.58. The van der Waals surface area contributed by atoms with Crippen LogP contribution in [-0.2, 0) is 6.18 Å². The molecule has 0 saturated carbocycles. The third-order valence-electron chi connectivity index (χ3n) is 4.21. The Labute approximate surface area is 147 Å². The summed E-state index contributed by atoms with van der Waals surface area (Å²) in [5, 5.41) is 1.48. The minimum Gasteiger partial charge on any atom is -0.497 e.